The zero-order valence-corrected chi connectivity index (χ0v) is 8.13. The van der Waals surface area contributed by atoms with Gasteiger partial charge in [-0.25, -0.2) is 4.98 Å². The third-order valence-electron chi connectivity index (χ3n) is 1.72. The molecule has 0 amide bonds. The lowest BCUT2D eigenvalue weighted by atomic mass is 10.1. The number of pyridine rings is 1. The van der Waals surface area contributed by atoms with Crippen LogP contribution in [0.15, 0.2) is 12.3 Å². The van der Waals surface area contributed by atoms with Gasteiger partial charge in [-0.05, 0) is 26.8 Å². The Morgan fingerprint density at radius 1 is 1.62 bits per heavy atom. The minimum Gasteiger partial charge on any atom is -0.478 e. The minimum atomic E-state index is 0.0265. The summed E-state index contributed by atoms with van der Waals surface area (Å²) < 4.78 is 5.25. The van der Waals surface area contributed by atoms with Gasteiger partial charge >= 0.3 is 0 Å². The number of ketones is 1. The number of carbonyl (C=O) groups is 1. The Kier molecular flexibility index (Phi) is 3.01. The molecule has 0 aromatic carbocycles. The fraction of sp³-hybridized carbons (Fsp3) is 0.400. The predicted molar refractivity (Wildman–Crippen MR) is 50.1 cm³/mol. The Labute approximate surface area is 77.8 Å². The Morgan fingerprint density at radius 3 is 2.77 bits per heavy atom. The third kappa shape index (κ3) is 2.28. The van der Waals surface area contributed by atoms with E-state index in [4.69, 9.17) is 4.74 Å². The first-order valence-corrected chi connectivity index (χ1v) is 4.25. The fourth-order valence-electron chi connectivity index (χ4n) is 1.04. The van der Waals surface area contributed by atoms with Crippen molar-refractivity contribution >= 4 is 5.78 Å². The zero-order chi connectivity index (χ0) is 9.84. The van der Waals surface area contributed by atoms with Crippen molar-refractivity contribution in [1.29, 1.82) is 0 Å². The highest BCUT2D eigenvalue weighted by atomic mass is 16.5. The molecule has 0 spiro atoms. The van der Waals surface area contributed by atoms with Crippen LogP contribution in [-0.4, -0.2) is 17.4 Å². The van der Waals surface area contributed by atoms with Gasteiger partial charge in [0.05, 0.1) is 6.61 Å². The van der Waals surface area contributed by atoms with E-state index in [0.29, 0.717) is 18.1 Å². The van der Waals surface area contributed by atoms with Gasteiger partial charge in [-0.15, -0.1) is 0 Å². The molecule has 0 aliphatic heterocycles. The second kappa shape index (κ2) is 4.03. The number of hydrogen-bond acceptors (Lipinski definition) is 3. The SMILES string of the molecule is CCOc1ncc(C(C)=O)cc1C. The van der Waals surface area contributed by atoms with Crippen LogP contribution in [0.4, 0.5) is 0 Å². The zero-order valence-electron chi connectivity index (χ0n) is 8.13. The average Bonchev–Trinajstić information content (AvgIpc) is 2.08. The molecule has 3 nitrogen and oxygen atoms in total. The van der Waals surface area contributed by atoms with Crippen LogP contribution in [0.5, 0.6) is 5.88 Å². The molecular weight excluding hydrogens is 166 g/mol. The van der Waals surface area contributed by atoms with Crippen LogP contribution in [-0.2, 0) is 0 Å². The van der Waals surface area contributed by atoms with Gasteiger partial charge in [0, 0.05) is 17.3 Å². The summed E-state index contributed by atoms with van der Waals surface area (Å²) in [5, 5.41) is 0. The van der Waals surface area contributed by atoms with E-state index in [9.17, 15) is 4.79 Å². The summed E-state index contributed by atoms with van der Waals surface area (Å²) in [7, 11) is 0. The first kappa shape index (κ1) is 9.71. The molecule has 1 rings (SSSR count). The van der Waals surface area contributed by atoms with Crippen LogP contribution in [0.3, 0.4) is 0 Å². The molecule has 0 fully saturated rings. The van der Waals surface area contributed by atoms with Crippen molar-refractivity contribution in [2.24, 2.45) is 0 Å². The Bertz CT molecular complexity index is 321. The number of Topliss-reactive ketones (excluding diaryl/α,β-unsaturated/α-hetero) is 1. The Morgan fingerprint density at radius 2 is 2.31 bits per heavy atom. The molecule has 0 radical (unpaired) electrons. The standard InChI is InChI=1S/C10H13NO2/c1-4-13-10-7(2)5-9(6-11-10)8(3)12/h5-6H,4H2,1-3H3. The van der Waals surface area contributed by atoms with Crippen molar-refractivity contribution < 1.29 is 9.53 Å². The van der Waals surface area contributed by atoms with Gasteiger partial charge < -0.3 is 4.74 Å². The maximum Gasteiger partial charge on any atom is 0.216 e. The van der Waals surface area contributed by atoms with Crippen molar-refractivity contribution in [3.63, 3.8) is 0 Å². The van der Waals surface area contributed by atoms with Crippen molar-refractivity contribution in [2.45, 2.75) is 20.8 Å². The predicted octanol–water partition coefficient (Wildman–Crippen LogP) is 1.99. The topological polar surface area (TPSA) is 39.2 Å². The number of nitrogens with zero attached hydrogens (tertiary/aromatic N) is 1. The first-order chi connectivity index (χ1) is 6.15. The Hall–Kier alpha value is -1.38. The summed E-state index contributed by atoms with van der Waals surface area (Å²) >= 11 is 0. The van der Waals surface area contributed by atoms with E-state index in [0.717, 1.165) is 5.56 Å². The highest BCUT2D eigenvalue weighted by Gasteiger charge is 2.04. The molecule has 1 heterocycles. The van der Waals surface area contributed by atoms with Gasteiger partial charge in [0.25, 0.3) is 0 Å². The summed E-state index contributed by atoms with van der Waals surface area (Å²) in [5.74, 6) is 0.631. The van der Waals surface area contributed by atoms with E-state index >= 15 is 0 Å². The van der Waals surface area contributed by atoms with Gasteiger partial charge in [0.2, 0.25) is 5.88 Å². The quantitative estimate of drug-likeness (QED) is 0.666. The summed E-state index contributed by atoms with van der Waals surface area (Å²) in [6.45, 7) is 5.90. The number of ether oxygens (including phenoxy) is 1. The largest absolute Gasteiger partial charge is 0.478 e. The maximum atomic E-state index is 11.0. The summed E-state index contributed by atoms with van der Waals surface area (Å²) in [6.07, 6.45) is 1.54. The molecule has 13 heavy (non-hydrogen) atoms. The molecule has 0 aliphatic rings. The van der Waals surface area contributed by atoms with Gasteiger partial charge in [0.1, 0.15) is 0 Å². The molecule has 0 atom stereocenters. The second-order valence-corrected chi connectivity index (χ2v) is 2.84. The highest BCUT2D eigenvalue weighted by molar-refractivity contribution is 5.93. The summed E-state index contributed by atoms with van der Waals surface area (Å²) in [6, 6.07) is 1.79. The Balaban J connectivity index is 2.98. The summed E-state index contributed by atoms with van der Waals surface area (Å²) in [5.41, 5.74) is 1.52. The van der Waals surface area contributed by atoms with Crippen LogP contribution < -0.4 is 4.74 Å². The first-order valence-electron chi connectivity index (χ1n) is 4.25. The monoisotopic (exact) mass is 179 g/mol. The fourth-order valence-corrected chi connectivity index (χ4v) is 1.04. The lowest BCUT2D eigenvalue weighted by molar-refractivity contribution is 0.101. The number of carbonyl (C=O) groups excluding carboxylic acids is 1. The second-order valence-electron chi connectivity index (χ2n) is 2.84. The van der Waals surface area contributed by atoms with Crippen LogP contribution >= 0.6 is 0 Å². The lowest BCUT2D eigenvalue weighted by Gasteiger charge is -2.05. The van der Waals surface area contributed by atoms with E-state index in [1.54, 1.807) is 12.3 Å². The smallest absolute Gasteiger partial charge is 0.216 e. The summed E-state index contributed by atoms with van der Waals surface area (Å²) in [4.78, 5) is 15.0. The molecule has 0 bridgehead atoms. The number of hydrogen-bond donors (Lipinski definition) is 0. The van der Waals surface area contributed by atoms with Crippen molar-refractivity contribution in [3.8, 4) is 5.88 Å². The van der Waals surface area contributed by atoms with Crippen molar-refractivity contribution in [3.05, 3.63) is 23.4 Å². The molecule has 0 unspecified atom stereocenters. The molecular formula is C10H13NO2. The lowest BCUT2D eigenvalue weighted by Crippen LogP contribution is -2.00. The number of aromatic nitrogens is 1. The highest BCUT2D eigenvalue weighted by Crippen LogP contribution is 2.15. The van der Waals surface area contributed by atoms with Crippen LogP contribution in [0, 0.1) is 6.92 Å². The number of rotatable bonds is 3. The maximum absolute atomic E-state index is 11.0. The van der Waals surface area contributed by atoms with Crippen molar-refractivity contribution in [1.82, 2.24) is 4.98 Å². The van der Waals surface area contributed by atoms with E-state index in [-0.39, 0.29) is 5.78 Å². The molecule has 0 saturated carbocycles. The molecule has 3 heteroatoms. The van der Waals surface area contributed by atoms with Gasteiger partial charge in [-0.2, -0.15) is 0 Å². The molecule has 0 N–H and O–H groups in total. The minimum absolute atomic E-state index is 0.0265. The van der Waals surface area contributed by atoms with Crippen molar-refractivity contribution in [2.75, 3.05) is 6.61 Å². The molecule has 0 saturated heterocycles. The van der Waals surface area contributed by atoms with Gasteiger partial charge in [0.15, 0.2) is 5.78 Å². The molecule has 1 aromatic heterocycles. The van der Waals surface area contributed by atoms with E-state index in [2.05, 4.69) is 4.98 Å². The van der Waals surface area contributed by atoms with E-state index in [1.807, 2.05) is 13.8 Å². The van der Waals surface area contributed by atoms with Crippen LogP contribution in [0.25, 0.3) is 0 Å². The van der Waals surface area contributed by atoms with Gasteiger partial charge in [-0.1, -0.05) is 0 Å². The van der Waals surface area contributed by atoms with Gasteiger partial charge in [-0.3, -0.25) is 4.79 Å². The average molecular weight is 179 g/mol. The third-order valence-corrected chi connectivity index (χ3v) is 1.72. The number of aryl methyl sites for hydroxylation is 1. The molecule has 1 aromatic rings. The normalized spacial score (nSPS) is 9.77. The van der Waals surface area contributed by atoms with E-state index in [1.165, 1.54) is 6.92 Å². The molecule has 0 aliphatic carbocycles. The van der Waals surface area contributed by atoms with Crippen LogP contribution in [0.2, 0.25) is 0 Å². The van der Waals surface area contributed by atoms with E-state index < -0.39 is 0 Å². The van der Waals surface area contributed by atoms with Crippen LogP contribution in [0.1, 0.15) is 29.8 Å². The molecule has 70 valence electrons.